The van der Waals surface area contributed by atoms with Gasteiger partial charge in [-0.3, -0.25) is 0 Å². The summed E-state index contributed by atoms with van der Waals surface area (Å²) in [6, 6.07) is 3.25. The maximum atomic E-state index is 12.9. The van der Waals surface area contributed by atoms with Gasteiger partial charge < -0.3 is 5.73 Å². The van der Waals surface area contributed by atoms with Crippen LogP contribution in [0.15, 0.2) is 30.9 Å². The highest BCUT2D eigenvalue weighted by atomic mass is 19.2. The van der Waals surface area contributed by atoms with E-state index < -0.39 is 17.7 Å². The fraction of sp³-hybridized carbons (Fsp3) is 0.111. The van der Waals surface area contributed by atoms with Crippen molar-refractivity contribution in [3.05, 3.63) is 48.1 Å². The number of hydrogen-bond acceptors (Lipinski definition) is 1. The van der Waals surface area contributed by atoms with E-state index in [1.165, 1.54) is 18.2 Å². The first-order valence-corrected chi connectivity index (χ1v) is 3.49. The molecule has 0 aliphatic heterocycles. The minimum atomic E-state index is -0.898. The van der Waals surface area contributed by atoms with Gasteiger partial charge in [-0.15, -0.1) is 6.58 Å². The molecule has 0 aromatic heterocycles. The molecular formula is C9H9F2N. The molecule has 1 aromatic carbocycles. The van der Waals surface area contributed by atoms with E-state index in [1.807, 2.05) is 0 Å². The number of hydrogen-bond donors (Lipinski definition) is 1. The lowest BCUT2D eigenvalue weighted by Crippen LogP contribution is -2.09. The van der Waals surface area contributed by atoms with Crippen molar-refractivity contribution < 1.29 is 8.78 Å². The zero-order valence-electron chi connectivity index (χ0n) is 6.43. The van der Waals surface area contributed by atoms with Crippen molar-refractivity contribution in [1.82, 2.24) is 0 Å². The van der Waals surface area contributed by atoms with E-state index in [1.54, 1.807) is 0 Å². The summed E-state index contributed by atoms with van der Waals surface area (Å²) >= 11 is 0. The summed E-state index contributed by atoms with van der Waals surface area (Å²) in [5.41, 5.74) is 5.57. The van der Waals surface area contributed by atoms with Crippen LogP contribution in [0, 0.1) is 11.6 Å². The molecule has 1 nitrogen and oxygen atoms in total. The summed E-state index contributed by atoms with van der Waals surface area (Å²) in [6.07, 6.45) is 1.36. The molecule has 0 heterocycles. The van der Waals surface area contributed by atoms with E-state index in [4.69, 9.17) is 5.73 Å². The van der Waals surface area contributed by atoms with Gasteiger partial charge in [-0.05, 0) is 6.07 Å². The van der Waals surface area contributed by atoms with Gasteiger partial charge in [-0.1, -0.05) is 18.2 Å². The quantitative estimate of drug-likeness (QED) is 0.674. The van der Waals surface area contributed by atoms with Gasteiger partial charge in [0.2, 0.25) is 0 Å². The molecule has 0 saturated carbocycles. The van der Waals surface area contributed by atoms with Crippen molar-refractivity contribution in [2.24, 2.45) is 5.73 Å². The number of nitrogens with two attached hydrogens (primary N) is 1. The molecule has 1 aromatic rings. The minimum absolute atomic E-state index is 0.130. The van der Waals surface area contributed by atoms with Crippen LogP contribution in [0.4, 0.5) is 8.78 Å². The summed E-state index contributed by atoms with van der Waals surface area (Å²) in [5.74, 6) is -1.78. The predicted octanol–water partition coefficient (Wildman–Crippen LogP) is 2.15. The fourth-order valence-electron chi connectivity index (χ4n) is 0.905. The lowest BCUT2D eigenvalue weighted by Gasteiger charge is -2.07. The molecule has 0 amide bonds. The summed E-state index contributed by atoms with van der Waals surface area (Å²) in [5, 5.41) is 0. The zero-order valence-corrected chi connectivity index (χ0v) is 6.43. The van der Waals surface area contributed by atoms with Gasteiger partial charge in [-0.25, -0.2) is 8.78 Å². The van der Waals surface area contributed by atoms with Gasteiger partial charge in [0.05, 0.1) is 6.04 Å². The summed E-state index contributed by atoms with van der Waals surface area (Å²) in [7, 11) is 0. The monoisotopic (exact) mass is 169 g/mol. The lowest BCUT2D eigenvalue weighted by molar-refractivity contribution is 0.495. The van der Waals surface area contributed by atoms with Crippen LogP contribution < -0.4 is 5.73 Å². The highest BCUT2D eigenvalue weighted by molar-refractivity contribution is 5.24. The average Bonchev–Trinajstić information content (AvgIpc) is 2.08. The van der Waals surface area contributed by atoms with E-state index in [-0.39, 0.29) is 5.56 Å². The maximum absolute atomic E-state index is 12.9. The Kier molecular flexibility index (Phi) is 2.55. The van der Waals surface area contributed by atoms with Crippen LogP contribution in [0.25, 0.3) is 0 Å². The summed E-state index contributed by atoms with van der Waals surface area (Å²) in [6.45, 7) is 3.39. The van der Waals surface area contributed by atoms with Crippen molar-refractivity contribution in [1.29, 1.82) is 0 Å². The van der Waals surface area contributed by atoms with Crippen molar-refractivity contribution in [2.45, 2.75) is 6.04 Å². The SMILES string of the molecule is C=C[C@H](N)c1cccc(F)c1F. The van der Waals surface area contributed by atoms with Crippen LogP contribution in [0.2, 0.25) is 0 Å². The maximum Gasteiger partial charge on any atom is 0.163 e. The van der Waals surface area contributed by atoms with Gasteiger partial charge in [0.25, 0.3) is 0 Å². The molecule has 2 N–H and O–H groups in total. The third-order valence-corrected chi connectivity index (χ3v) is 1.59. The van der Waals surface area contributed by atoms with Crippen LogP contribution in [-0.4, -0.2) is 0 Å². The van der Waals surface area contributed by atoms with E-state index in [0.29, 0.717) is 0 Å². The van der Waals surface area contributed by atoms with Crippen LogP contribution >= 0.6 is 0 Å². The first-order chi connectivity index (χ1) is 5.66. The van der Waals surface area contributed by atoms with Crippen molar-refractivity contribution in [3.63, 3.8) is 0 Å². The highest BCUT2D eigenvalue weighted by Gasteiger charge is 2.11. The Morgan fingerprint density at radius 1 is 1.42 bits per heavy atom. The van der Waals surface area contributed by atoms with E-state index in [0.717, 1.165) is 6.07 Å². The first kappa shape index (κ1) is 8.87. The number of rotatable bonds is 2. The van der Waals surface area contributed by atoms with Gasteiger partial charge >= 0.3 is 0 Å². The van der Waals surface area contributed by atoms with E-state index in [9.17, 15) is 8.78 Å². The van der Waals surface area contributed by atoms with Crippen LogP contribution in [0.3, 0.4) is 0 Å². The summed E-state index contributed by atoms with van der Waals surface area (Å²) < 4.78 is 25.5. The van der Waals surface area contributed by atoms with Gasteiger partial charge in [-0.2, -0.15) is 0 Å². The van der Waals surface area contributed by atoms with E-state index >= 15 is 0 Å². The third-order valence-electron chi connectivity index (χ3n) is 1.59. The molecule has 0 aliphatic rings. The Balaban J connectivity index is 3.15. The predicted molar refractivity (Wildman–Crippen MR) is 43.5 cm³/mol. The molecule has 0 saturated heterocycles. The molecule has 1 atom stereocenters. The minimum Gasteiger partial charge on any atom is -0.321 e. The van der Waals surface area contributed by atoms with Gasteiger partial charge in [0.1, 0.15) is 0 Å². The molecule has 0 aliphatic carbocycles. The standard InChI is InChI=1S/C9H9F2N/c1-2-8(12)6-4-3-5-7(10)9(6)11/h2-5,8H,1,12H2/t8-/m0/s1. The van der Waals surface area contributed by atoms with Crippen molar-refractivity contribution in [3.8, 4) is 0 Å². The second-order valence-electron chi connectivity index (χ2n) is 2.40. The third kappa shape index (κ3) is 1.51. The largest absolute Gasteiger partial charge is 0.321 e. The molecule has 0 fully saturated rings. The fourth-order valence-corrected chi connectivity index (χ4v) is 0.905. The van der Waals surface area contributed by atoms with Gasteiger partial charge in [0.15, 0.2) is 11.6 Å². The van der Waals surface area contributed by atoms with E-state index in [2.05, 4.69) is 6.58 Å². The van der Waals surface area contributed by atoms with Crippen molar-refractivity contribution >= 4 is 0 Å². The average molecular weight is 169 g/mol. The van der Waals surface area contributed by atoms with Crippen LogP contribution in [0.5, 0.6) is 0 Å². The molecule has 64 valence electrons. The van der Waals surface area contributed by atoms with Crippen LogP contribution in [0.1, 0.15) is 11.6 Å². The second kappa shape index (κ2) is 3.45. The number of benzene rings is 1. The molecule has 1 rings (SSSR count). The number of halogens is 2. The zero-order chi connectivity index (χ0) is 9.14. The Morgan fingerprint density at radius 3 is 2.67 bits per heavy atom. The Bertz CT molecular complexity index is 297. The lowest BCUT2D eigenvalue weighted by atomic mass is 10.1. The molecule has 12 heavy (non-hydrogen) atoms. The Hall–Kier alpha value is -1.22. The summed E-state index contributed by atoms with van der Waals surface area (Å²) in [4.78, 5) is 0. The van der Waals surface area contributed by atoms with Crippen LogP contribution in [-0.2, 0) is 0 Å². The Labute approximate surface area is 69.5 Å². The second-order valence-corrected chi connectivity index (χ2v) is 2.40. The highest BCUT2D eigenvalue weighted by Crippen LogP contribution is 2.17. The van der Waals surface area contributed by atoms with Crippen molar-refractivity contribution in [2.75, 3.05) is 0 Å². The first-order valence-electron chi connectivity index (χ1n) is 3.49. The molecule has 0 bridgehead atoms. The topological polar surface area (TPSA) is 26.0 Å². The van der Waals surface area contributed by atoms with Gasteiger partial charge in [0, 0.05) is 5.56 Å². The smallest absolute Gasteiger partial charge is 0.163 e. The molecular weight excluding hydrogens is 160 g/mol. The Morgan fingerprint density at radius 2 is 2.08 bits per heavy atom. The normalized spacial score (nSPS) is 12.6. The molecule has 0 radical (unpaired) electrons. The molecule has 0 unspecified atom stereocenters. The molecule has 3 heteroatoms. The molecule has 0 spiro atoms.